The number of rotatable bonds is 10. The molecule has 10 nitrogen and oxygen atoms in total. The second-order valence-electron chi connectivity index (χ2n) is 9.40. The molecule has 1 unspecified atom stereocenters. The zero-order valence-corrected chi connectivity index (χ0v) is 24.3. The van der Waals surface area contributed by atoms with Crippen LogP contribution in [0.3, 0.4) is 0 Å². The minimum absolute atomic E-state index is 0.0645. The summed E-state index contributed by atoms with van der Waals surface area (Å²) in [6, 6.07) is 20.5. The Labute approximate surface area is 251 Å². The van der Waals surface area contributed by atoms with Gasteiger partial charge in [0.2, 0.25) is 0 Å². The maximum absolute atomic E-state index is 13.2. The number of sulfonamides is 1. The average molecular weight is 626 g/mol. The van der Waals surface area contributed by atoms with Gasteiger partial charge in [0.25, 0.3) is 15.9 Å². The quantitative estimate of drug-likeness (QED) is 0.222. The summed E-state index contributed by atoms with van der Waals surface area (Å²) in [5.74, 6) is -1.07. The van der Waals surface area contributed by atoms with Gasteiger partial charge < -0.3 is 13.9 Å². The van der Waals surface area contributed by atoms with E-state index >= 15 is 0 Å². The lowest BCUT2D eigenvalue weighted by molar-refractivity contribution is -0.154. The minimum Gasteiger partial charge on any atom is -0.482 e. The van der Waals surface area contributed by atoms with Crippen molar-refractivity contribution in [3.05, 3.63) is 113 Å². The van der Waals surface area contributed by atoms with E-state index in [-0.39, 0.29) is 10.6 Å². The maximum Gasteiger partial charge on any atom is 0.344 e. The normalized spacial score (nSPS) is 14.7. The van der Waals surface area contributed by atoms with Gasteiger partial charge in [0.1, 0.15) is 23.4 Å². The van der Waals surface area contributed by atoms with Crippen LogP contribution in [-0.4, -0.2) is 51.3 Å². The van der Waals surface area contributed by atoms with Crippen LogP contribution < -0.4 is 9.04 Å². The number of ether oxygens (including phenoxy) is 2. The van der Waals surface area contributed by atoms with E-state index in [1.54, 1.807) is 36.4 Å². The highest BCUT2D eigenvalue weighted by Crippen LogP contribution is 2.33. The molecule has 0 fully saturated rings. The van der Waals surface area contributed by atoms with Crippen LogP contribution in [0.2, 0.25) is 5.02 Å². The Morgan fingerprint density at radius 2 is 1.72 bits per heavy atom. The average Bonchev–Trinajstić information content (AvgIpc) is 3.70. The van der Waals surface area contributed by atoms with E-state index in [1.165, 1.54) is 54.7 Å². The van der Waals surface area contributed by atoms with E-state index < -0.39 is 47.0 Å². The van der Waals surface area contributed by atoms with Crippen molar-refractivity contribution in [3.63, 3.8) is 0 Å². The number of amides is 1. The Morgan fingerprint density at radius 3 is 2.37 bits per heavy atom. The zero-order chi connectivity index (χ0) is 30.6. The van der Waals surface area contributed by atoms with Crippen molar-refractivity contribution in [2.45, 2.75) is 17.4 Å². The number of carbonyl (C=O) groups is 2. The largest absolute Gasteiger partial charge is 0.482 e. The number of hydrazone groups is 1. The van der Waals surface area contributed by atoms with Gasteiger partial charge in [-0.25, -0.2) is 22.6 Å². The third-order valence-electron chi connectivity index (χ3n) is 6.60. The van der Waals surface area contributed by atoms with Crippen molar-refractivity contribution in [2.24, 2.45) is 5.10 Å². The minimum atomic E-state index is -3.91. The second-order valence-corrected chi connectivity index (χ2v) is 11.8. The molecule has 1 atom stereocenters. The van der Waals surface area contributed by atoms with Crippen molar-refractivity contribution in [1.82, 2.24) is 5.01 Å². The Kier molecular flexibility index (Phi) is 8.78. The number of benzene rings is 3. The van der Waals surface area contributed by atoms with Crippen molar-refractivity contribution in [2.75, 3.05) is 24.6 Å². The van der Waals surface area contributed by atoms with Gasteiger partial charge in [-0.15, -0.1) is 0 Å². The molecule has 2 heterocycles. The highest BCUT2D eigenvalue weighted by molar-refractivity contribution is 7.92. The zero-order valence-electron chi connectivity index (χ0n) is 22.7. The molecule has 1 aromatic heterocycles. The molecule has 4 aromatic rings. The van der Waals surface area contributed by atoms with Crippen molar-refractivity contribution >= 4 is 44.9 Å². The highest BCUT2D eigenvalue weighted by atomic mass is 35.5. The summed E-state index contributed by atoms with van der Waals surface area (Å²) in [6.07, 6.45) is 1.90. The van der Waals surface area contributed by atoms with Gasteiger partial charge >= 0.3 is 5.97 Å². The van der Waals surface area contributed by atoms with Crippen LogP contribution in [0.25, 0.3) is 0 Å². The molecular formula is C30H25ClFN3O7S. The Bertz CT molecular complexity index is 1730. The molecule has 0 bridgehead atoms. The number of esters is 1. The van der Waals surface area contributed by atoms with Gasteiger partial charge in [0.05, 0.1) is 22.6 Å². The van der Waals surface area contributed by atoms with E-state index in [9.17, 15) is 22.4 Å². The third kappa shape index (κ3) is 6.87. The van der Waals surface area contributed by atoms with Crippen LogP contribution in [0, 0.1) is 5.82 Å². The molecule has 1 aliphatic heterocycles. The SMILES string of the molecule is CN(c1ccc(OCC(=O)OCC(=O)N2N=C(c3ccc(Cl)cc3)CC2c2ccco2)cc1)S(=O)(=O)c1ccc(F)cc1. The predicted molar refractivity (Wildman–Crippen MR) is 156 cm³/mol. The number of halogens is 2. The van der Waals surface area contributed by atoms with Gasteiger partial charge in [-0.1, -0.05) is 23.7 Å². The molecule has 0 aliphatic carbocycles. The van der Waals surface area contributed by atoms with Gasteiger partial charge in [0.15, 0.2) is 13.2 Å². The molecular weight excluding hydrogens is 601 g/mol. The van der Waals surface area contributed by atoms with Crippen molar-refractivity contribution in [1.29, 1.82) is 0 Å². The topological polar surface area (TPSA) is 119 Å². The van der Waals surface area contributed by atoms with E-state index in [4.69, 9.17) is 25.5 Å². The summed E-state index contributed by atoms with van der Waals surface area (Å²) in [6.45, 7) is -1.06. The lowest BCUT2D eigenvalue weighted by atomic mass is 10.0. The number of nitrogens with zero attached hydrogens (tertiary/aromatic N) is 3. The monoisotopic (exact) mass is 625 g/mol. The van der Waals surface area contributed by atoms with E-state index in [0.29, 0.717) is 28.6 Å². The molecule has 5 rings (SSSR count). The van der Waals surface area contributed by atoms with Gasteiger partial charge in [-0.05, 0) is 78.4 Å². The van der Waals surface area contributed by atoms with Gasteiger partial charge in [0, 0.05) is 18.5 Å². The van der Waals surface area contributed by atoms with Gasteiger partial charge in [-0.3, -0.25) is 9.10 Å². The molecule has 0 radical (unpaired) electrons. The summed E-state index contributed by atoms with van der Waals surface area (Å²) >= 11 is 5.99. The van der Waals surface area contributed by atoms with Crippen LogP contribution in [0.15, 0.2) is 106 Å². The highest BCUT2D eigenvalue weighted by Gasteiger charge is 2.35. The number of carbonyl (C=O) groups excluding carboxylic acids is 2. The first-order valence-corrected chi connectivity index (χ1v) is 14.8. The summed E-state index contributed by atoms with van der Waals surface area (Å²) in [4.78, 5) is 25.3. The number of hydrogen-bond donors (Lipinski definition) is 0. The standard InChI is InChI=1S/C30H25ClFN3O7S/c1-34(43(38,39)25-14-8-22(32)9-15-25)23-10-12-24(13-11-23)41-19-30(37)42-18-29(36)35-27(28-3-2-16-40-28)17-26(33-35)20-4-6-21(31)7-5-20/h2-16,27H,17-19H2,1H3. The Morgan fingerprint density at radius 1 is 1.02 bits per heavy atom. The molecule has 1 aliphatic rings. The summed E-state index contributed by atoms with van der Waals surface area (Å²) < 4.78 is 56.0. The number of anilines is 1. The van der Waals surface area contributed by atoms with Crippen LogP contribution in [-0.2, 0) is 24.3 Å². The Hall–Kier alpha value is -4.68. The smallest absolute Gasteiger partial charge is 0.344 e. The predicted octanol–water partition coefficient (Wildman–Crippen LogP) is 5.20. The molecule has 13 heteroatoms. The summed E-state index contributed by atoms with van der Waals surface area (Å²) in [7, 11) is -2.55. The number of furan rings is 1. The van der Waals surface area contributed by atoms with E-state index in [1.807, 2.05) is 0 Å². The molecule has 0 saturated carbocycles. The van der Waals surface area contributed by atoms with Crippen LogP contribution in [0.4, 0.5) is 10.1 Å². The fourth-order valence-electron chi connectivity index (χ4n) is 4.31. The maximum atomic E-state index is 13.2. The third-order valence-corrected chi connectivity index (χ3v) is 8.65. The van der Waals surface area contributed by atoms with Crippen molar-refractivity contribution in [3.8, 4) is 5.75 Å². The molecule has 0 saturated heterocycles. The Balaban J connectivity index is 1.16. The fourth-order valence-corrected chi connectivity index (χ4v) is 5.63. The summed E-state index contributed by atoms with van der Waals surface area (Å²) in [5.41, 5.74) is 1.77. The lowest BCUT2D eigenvalue weighted by Gasteiger charge is -2.20. The first-order valence-electron chi connectivity index (χ1n) is 12.9. The van der Waals surface area contributed by atoms with Crippen LogP contribution in [0.1, 0.15) is 23.8 Å². The van der Waals surface area contributed by atoms with Crippen LogP contribution >= 0.6 is 11.6 Å². The molecule has 3 aromatic carbocycles. The van der Waals surface area contributed by atoms with E-state index in [2.05, 4.69) is 5.10 Å². The number of hydrogen-bond acceptors (Lipinski definition) is 8. The molecule has 43 heavy (non-hydrogen) atoms. The molecule has 0 N–H and O–H groups in total. The fraction of sp³-hybridized carbons (Fsp3) is 0.167. The molecule has 1 amide bonds. The first kappa shape index (κ1) is 29.8. The second kappa shape index (κ2) is 12.7. The molecule has 222 valence electrons. The van der Waals surface area contributed by atoms with Crippen molar-refractivity contribution < 1.29 is 36.3 Å². The van der Waals surface area contributed by atoms with Gasteiger partial charge in [-0.2, -0.15) is 5.10 Å². The molecule has 0 spiro atoms. The lowest BCUT2D eigenvalue weighted by Crippen LogP contribution is -2.32. The summed E-state index contributed by atoms with van der Waals surface area (Å²) in [5, 5.41) is 6.29. The first-order chi connectivity index (χ1) is 20.6. The van der Waals surface area contributed by atoms with E-state index in [0.717, 1.165) is 22.0 Å². The van der Waals surface area contributed by atoms with Crippen LogP contribution in [0.5, 0.6) is 5.75 Å².